The second kappa shape index (κ2) is 7.13. The second-order valence-electron chi connectivity index (χ2n) is 5.91. The Bertz CT molecular complexity index is 889. The summed E-state index contributed by atoms with van der Waals surface area (Å²) in [5.74, 6) is 1.09. The van der Waals surface area contributed by atoms with Crippen LogP contribution in [-0.2, 0) is 0 Å². The molecule has 4 rings (SSSR count). The van der Waals surface area contributed by atoms with Crippen molar-refractivity contribution in [2.45, 2.75) is 0 Å². The van der Waals surface area contributed by atoms with Gasteiger partial charge in [-0.1, -0.05) is 16.8 Å². The molecule has 0 radical (unpaired) electrons. The lowest BCUT2D eigenvalue weighted by atomic mass is 10.1. The highest BCUT2D eigenvalue weighted by Gasteiger charge is 2.25. The number of rotatable bonds is 3. The van der Waals surface area contributed by atoms with Gasteiger partial charge in [-0.2, -0.15) is 0 Å². The molecule has 1 aliphatic heterocycles. The van der Waals surface area contributed by atoms with Gasteiger partial charge in [0.2, 0.25) is 5.95 Å². The van der Waals surface area contributed by atoms with Gasteiger partial charge in [-0.25, -0.2) is 9.97 Å². The van der Waals surface area contributed by atoms with Crippen molar-refractivity contribution in [1.29, 1.82) is 0 Å². The highest BCUT2D eigenvalue weighted by atomic mass is 35.5. The Morgan fingerprint density at radius 2 is 1.73 bits per heavy atom. The molecule has 132 valence electrons. The summed E-state index contributed by atoms with van der Waals surface area (Å²) in [6.07, 6.45) is 3.43. The van der Waals surface area contributed by atoms with Crippen LogP contribution in [0.2, 0.25) is 5.02 Å². The highest BCUT2D eigenvalue weighted by molar-refractivity contribution is 6.30. The third-order valence-corrected chi connectivity index (χ3v) is 4.51. The minimum absolute atomic E-state index is 0.136. The topological polar surface area (TPSA) is 75.4 Å². The zero-order chi connectivity index (χ0) is 17.9. The summed E-state index contributed by atoms with van der Waals surface area (Å²) in [6.45, 7) is 2.52. The molecule has 0 atom stereocenters. The van der Waals surface area contributed by atoms with E-state index in [9.17, 15) is 4.79 Å². The van der Waals surface area contributed by atoms with Crippen LogP contribution in [0.4, 0.5) is 5.95 Å². The number of benzene rings is 1. The van der Waals surface area contributed by atoms with Crippen molar-refractivity contribution < 1.29 is 9.32 Å². The number of anilines is 1. The summed E-state index contributed by atoms with van der Waals surface area (Å²) in [6, 6.07) is 10.6. The Morgan fingerprint density at radius 3 is 2.42 bits per heavy atom. The van der Waals surface area contributed by atoms with Crippen molar-refractivity contribution in [1.82, 2.24) is 20.0 Å². The molecule has 1 aliphatic rings. The molecule has 0 unspecified atom stereocenters. The van der Waals surface area contributed by atoms with E-state index in [1.807, 2.05) is 12.1 Å². The molecule has 0 bridgehead atoms. The smallest absolute Gasteiger partial charge is 0.276 e. The van der Waals surface area contributed by atoms with Gasteiger partial charge in [-0.05, 0) is 30.3 Å². The maximum Gasteiger partial charge on any atom is 0.276 e. The Balaban J connectivity index is 1.42. The number of carbonyl (C=O) groups excluding carboxylic acids is 1. The molecular formula is C18H16ClN5O2. The average molecular weight is 370 g/mol. The monoisotopic (exact) mass is 369 g/mol. The van der Waals surface area contributed by atoms with E-state index >= 15 is 0 Å². The third-order valence-electron chi connectivity index (χ3n) is 4.26. The first-order valence-corrected chi connectivity index (χ1v) is 8.62. The molecule has 0 N–H and O–H groups in total. The predicted molar refractivity (Wildman–Crippen MR) is 97.1 cm³/mol. The van der Waals surface area contributed by atoms with Crippen LogP contribution < -0.4 is 4.90 Å². The lowest BCUT2D eigenvalue weighted by Crippen LogP contribution is -2.49. The Labute approximate surface area is 155 Å². The normalized spacial score (nSPS) is 14.5. The van der Waals surface area contributed by atoms with E-state index in [1.165, 1.54) is 0 Å². The van der Waals surface area contributed by atoms with Crippen LogP contribution in [0, 0.1) is 0 Å². The van der Waals surface area contributed by atoms with Crippen LogP contribution >= 0.6 is 11.6 Å². The summed E-state index contributed by atoms with van der Waals surface area (Å²) in [5, 5.41) is 4.57. The molecule has 3 heterocycles. The maximum absolute atomic E-state index is 12.7. The van der Waals surface area contributed by atoms with Gasteiger partial charge in [0.25, 0.3) is 5.91 Å². The fraction of sp³-hybridized carbons (Fsp3) is 0.222. The molecule has 26 heavy (non-hydrogen) atoms. The standard InChI is InChI=1S/C18H16ClN5O2/c19-14-4-2-13(3-5-14)16-12-15(22-26-16)17(25)23-8-10-24(11-9-23)18-20-6-1-7-21-18/h1-7,12H,8-11H2. The quantitative estimate of drug-likeness (QED) is 0.706. The predicted octanol–water partition coefficient (Wildman–Crippen LogP) is 2.75. The van der Waals surface area contributed by atoms with Crippen molar-refractivity contribution in [2.75, 3.05) is 31.1 Å². The van der Waals surface area contributed by atoms with Crippen molar-refractivity contribution in [3.8, 4) is 11.3 Å². The number of hydrogen-bond donors (Lipinski definition) is 0. The SMILES string of the molecule is O=C(c1cc(-c2ccc(Cl)cc2)on1)N1CCN(c2ncccn2)CC1. The fourth-order valence-electron chi connectivity index (χ4n) is 2.85. The summed E-state index contributed by atoms with van der Waals surface area (Å²) < 4.78 is 5.32. The molecule has 1 amide bonds. The molecule has 8 heteroatoms. The number of piperazine rings is 1. The first-order chi connectivity index (χ1) is 12.7. The average Bonchev–Trinajstić information content (AvgIpc) is 3.19. The number of aromatic nitrogens is 3. The molecule has 2 aromatic heterocycles. The van der Waals surface area contributed by atoms with E-state index in [0.29, 0.717) is 48.6 Å². The van der Waals surface area contributed by atoms with Gasteiger partial charge in [-0.15, -0.1) is 0 Å². The van der Waals surface area contributed by atoms with Gasteiger partial charge >= 0.3 is 0 Å². The van der Waals surface area contributed by atoms with Crippen molar-refractivity contribution in [2.24, 2.45) is 0 Å². The molecular weight excluding hydrogens is 354 g/mol. The summed E-state index contributed by atoms with van der Waals surface area (Å²) >= 11 is 5.89. The summed E-state index contributed by atoms with van der Waals surface area (Å²) in [4.78, 5) is 25.0. The molecule has 0 saturated carbocycles. The van der Waals surface area contributed by atoms with Crippen LogP contribution in [-0.4, -0.2) is 52.1 Å². The van der Waals surface area contributed by atoms with Crippen LogP contribution in [0.5, 0.6) is 0 Å². The van der Waals surface area contributed by atoms with Gasteiger partial charge < -0.3 is 14.3 Å². The third kappa shape index (κ3) is 3.39. The van der Waals surface area contributed by atoms with Gasteiger partial charge in [0.1, 0.15) is 0 Å². The van der Waals surface area contributed by atoms with Gasteiger partial charge in [0.05, 0.1) is 0 Å². The molecule has 1 saturated heterocycles. The fourth-order valence-corrected chi connectivity index (χ4v) is 2.98. The van der Waals surface area contributed by atoms with Crippen LogP contribution in [0.15, 0.2) is 53.3 Å². The van der Waals surface area contributed by atoms with Crippen LogP contribution in [0.25, 0.3) is 11.3 Å². The molecule has 1 aromatic carbocycles. The van der Waals surface area contributed by atoms with E-state index in [1.54, 1.807) is 41.6 Å². The van der Waals surface area contributed by atoms with Crippen molar-refractivity contribution in [3.05, 3.63) is 59.5 Å². The van der Waals surface area contributed by atoms with Gasteiger partial charge in [0, 0.05) is 55.2 Å². The van der Waals surface area contributed by atoms with E-state index in [2.05, 4.69) is 20.0 Å². The van der Waals surface area contributed by atoms with Crippen LogP contribution in [0.1, 0.15) is 10.5 Å². The number of nitrogens with zero attached hydrogens (tertiary/aromatic N) is 5. The van der Waals surface area contributed by atoms with Crippen LogP contribution in [0.3, 0.4) is 0 Å². The Morgan fingerprint density at radius 1 is 1.04 bits per heavy atom. The number of halogens is 1. The van der Waals surface area contributed by atoms with E-state index in [4.69, 9.17) is 16.1 Å². The van der Waals surface area contributed by atoms with E-state index in [0.717, 1.165) is 5.56 Å². The van der Waals surface area contributed by atoms with Crippen molar-refractivity contribution in [3.63, 3.8) is 0 Å². The Kier molecular flexibility index (Phi) is 4.53. The largest absolute Gasteiger partial charge is 0.355 e. The van der Waals surface area contributed by atoms with Crippen molar-refractivity contribution >= 4 is 23.5 Å². The second-order valence-corrected chi connectivity index (χ2v) is 6.35. The lowest BCUT2D eigenvalue weighted by molar-refractivity contribution is 0.0736. The molecule has 1 fully saturated rings. The minimum atomic E-state index is -0.136. The molecule has 0 spiro atoms. The van der Waals surface area contributed by atoms with E-state index in [-0.39, 0.29) is 5.91 Å². The molecule has 7 nitrogen and oxygen atoms in total. The number of carbonyl (C=O) groups is 1. The maximum atomic E-state index is 12.7. The molecule has 0 aliphatic carbocycles. The minimum Gasteiger partial charge on any atom is -0.355 e. The Hall–Kier alpha value is -2.93. The van der Waals surface area contributed by atoms with Gasteiger partial charge in [0.15, 0.2) is 11.5 Å². The number of hydrogen-bond acceptors (Lipinski definition) is 6. The highest BCUT2D eigenvalue weighted by Crippen LogP contribution is 2.23. The molecule has 3 aromatic rings. The zero-order valence-corrected chi connectivity index (χ0v) is 14.6. The first-order valence-electron chi connectivity index (χ1n) is 8.24. The van der Waals surface area contributed by atoms with E-state index < -0.39 is 0 Å². The lowest BCUT2D eigenvalue weighted by Gasteiger charge is -2.34. The van der Waals surface area contributed by atoms with Gasteiger partial charge in [-0.3, -0.25) is 4.79 Å². The zero-order valence-electron chi connectivity index (χ0n) is 13.9. The number of amides is 1. The summed E-state index contributed by atoms with van der Waals surface area (Å²) in [5.41, 5.74) is 1.13. The first kappa shape index (κ1) is 16.5. The summed E-state index contributed by atoms with van der Waals surface area (Å²) in [7, 11) is 0.